The van der Waals surface area contributed by atoms with E-state index in [9.17, 15) is 0 Å². The molecule has 0 saturated carbocycles. The van der Waals surface area contributed by atoms with Gasteiger partial charge in [-0.2, -0.15) is 0 Å². The van der Waals surface area contributed by atoms with Crippen LogP contribution >= 0.6 is 31.9 Å². The Morgan fingerprint density at radius 2 is 1.40 bits per heavy atom. The van der Waals surface area contributed by atoms with Crippen LogP contribution < -0.4 is 4.74 Å². The average molecular weight is 598 g/mol. The average Bonchev–Trinajstić information content (AvgIpc) is 3.41. The summed E-state index contributed by atoms with van der Waals surface area (Å²) in [5, 5.41) is 4.77. The lowest BCUT2D eigenvalue weighted by molar-refractivity contribution is 0.0908. The van der Waals surface area contributed by atoms with Crippen molar-refractivity contribution >= 4 is 75.5 Å². The van der Waals surface area contributed by atoms with E-state index >= 15 is 0 Å². The van der Waals surface area contributed by atoms with E-state index in [1.807, 2.05) is 0 Å². The quantitative estimate of drug-likeness (QED) is 0.216. The second-order valence-electron chi connectivity index (χ2n) is 9.66. The van der Waals surface area contributed by atoms with Gasteiger partial charge in [-0.05, 0) is 55.8 Å². The van der Waals surface area contributed by atoms with Gasteiger partial charge in [0, 0.05) is 80.3 Å². The number of nitrogens with one attached hydrogen (secondary N) is 2. The summed E-state index contributed by atoms with van der Waals surface area (Å²) in [5.41, 5.74) is 4.34. The minimum Gasteiger partial charge on any atom is -0.488 e. The van der Waals surface area contributed by atoms with Crippen LogP contribution in [0.4, 0.5) is 0 Å². The van der Waals surface area contributed by atoms with Gasteiger partial charge in [-0.25, -0.2) is 0 Å². The fraction of sp³-hybridized carbons (Fsp3) is 0.357. The number of aromatic nitrogens is 2. The molecule has 0 amide bonds. The van der Waals surface area contributed by atoms with Gasteiger partial charge < -0.3 is 14.7 Å². The van der Waals surface area contributed by atoms with Crippen LogP contribution in [0.15, 0.2) is 51.4 Å². The molecule has 5 nitrogen and oxygen atoms in total. The van der Waals surface area contributed by atoms with E-state index in [0.717, 1.165) is 69.5 Å². The number of nitrogens with zero attached hydrogens (tertiary/aromatic N) is 2. The number of rotatable bonds is 6. The number of benzene rings is 3. The molecule has 182 valence electrons. The predicted octanol–water partition coefficient (Wildman–Crippen LogP) is 7.28. The normalized spacial score (nSPS) is 16.7. The minimum absolute atomic E-state index is 0.662. The first-order chi connectivity index (χ1) is 17.0. The molecule has 0 bridgehead atoms. The zero-order valence-electron chi connectivity index (χ0n) is 20.1. The lowest BCUT2D eigenvalue weighted by atomic mass is 10.1. The Labute approximate surface area is 222 Å². The molecular formula is C28H30Br2N4O. The molecule has 2 aromatic heterocycles. The minimum atomic E-state index is 0.662. The summed E-state index contributed by atoms with van der Waals surface area (Å²) in [6, 6.07) is 15.7. The zero-order chi connectivity index (χ0) is 24.1. The molecule has 0 aliphatic carbocycles. The maximum Gasteiger partial charge on any atom is 0.167 e. The molecule has 3 aromatic carbocycles. The lowest BCUT2D eigenvalue weighted by Crippen LogP contribution is -2.50. The third kappa shape index (κ3) is 4.26. The largest absolute Gasteiger partial charge is 0.488 e. The number of hydrogen-bond acceptors (Lipinski definition) is 3. The van der Waals surface area contributed by atoms with Crippen molar-refractivity contribution in [2.45, 2.75) is 26.3 Å². The summed E-state index contributed by atoms with van der Waals surface area (Å²) in [6.07, 6.45) is 1.21. The second kappa shape index (κ2) is 9.43. The highest BCUT2D eigenvalue weighted by molar-refractivity contribution is 9.10. The molecule has 5 aromatic rings. The lowest BCUT2D eigenvalue weighted by Gasteiger charge is -2.37. The van der Waals surface area contributed by atoms with Gasteiger partial charge in [-0.3, -0.25) is 9.80 Å². The molecule has 2 N–H and O–H groups in total. The first kappa shape index (κ1) is 23.3. The van der Waals surface area contributed by atoms with Crippen LogP contribution in [0.3, 0.4) is 0 Å². The fourth-order valence-electron chi connectivity index (χ4n) is 5.40. The van der Waals surface area contributed by atoms with Crippen molar-refractivity contribution in [2.75, 3.05) is 39.3 Å². The topological polar surface area (TPSA) is 47.3 Å². The Balaban J connectivity index is 1.36. The molecule has 1 atom stereocenters. The maximum atomic E-state index is 6.61. The standard InChI is InChI=1S/C28H30Br2N4O/c1-3-17(2)34-10-8-33(9-11-34)12-13-35-28-26-22(20-14-18(29)4-6-24(20)31-26)16-23-21-15-19(30)5-7-25(21)32-27(23)28/h4-7,14-17,31-32H,3,8-13H2,1-2H3. The summed E-state index contributed by atoms with van der Waals surface area (Å²) in [6.45, 7) is 10.7. The summed E-state index contributed by atoms with van der Waals surface area (Å²) < 4.78 is 8.76. The van der Waals surface area contributed by atoms with Gasteiger partial charge in [0.15, 0.2) is 5.75 Å². The van der Waals surface area contributed by atoms with Crippen LogP contribution in [0.2, 0.25) is 0 Å². The van der Waals surface area contributed by atoms with Gasteiger partial charge in [0.2, 0.25) is 0 Å². The van der Waals surface area contributed by atoms with Gasteiger partial charge in [0.05, 0.1) is 11.0 Å². The molecule has 1 unspecified atom stereocenters. The number of hydrogen-bond donors (Lipinski definition) is 2. The molecule has 0 spiro atoms. The van der Waals surface area contributed by atoms with E-state index in [1.165, 1.54) is 28.0 Å². The highest BCUT2D eigenvalue weighted by Gasteiger charge is 2.21. The van der Waals surface area contributed by atoms with Crippen molar-refractivity contribution in [1.29, 1.82) is 0 Å². The van der Waals surface area contributed by atoms with Crippen molar-refractivity contribution in [1.82, 2.24) is 19.8 Å². The van der Waals surface area contributed by atoms with Crippen LogP contribution in [0.1, 0.15) is 20.3 Å². The van der Waals surface area contributed by atoms with Crippen molar-refractivity contribution in [3.05, 3.63) is 51.4 Å². The Kier molecular flexibility index (Phi) is 6.29. The van der Waals surface area contributed by atoms with Gasteiger partial charge in [0.1, 0.15) is 6.61 Å². The van der Waals surface area contributed by atoms with Crippen molar-refractivity contribution in [3.8, 4) is 5.75 Å². The monoisotopic (exact) mass is 596 g/mol. The molecule has 1 aliphatic heterocycles. The Hall–Kier alpha value is -2.06. The molecule has 1 aliphatic rings. The van der Waals surface area contributed by atoms with E-state index in [4.69, 9.17) is 4.74 Å². The van der Waals surface area contributed by atoms with Crippen LogP contribution in [-0.4, -0.2) is 65.1 Å². The fourth-order valence-corrected chi connectivity index (χ4v) is 6.13. The number of fused-ring (bicyclic) bond motifs is 6. The van der Waals surface area contributed by atoms with Crippen molar-refractivity contribution < 1.29 is 4.74 Å². The number of piperazine rings is 1. The SMILES string of the molecule is CCC(C)N1CCN(CCOc2c3[nH]c4ccc(Br)cc4c3cc3c2[nH]c2ccc(Br)cc23)CC1. The molecule has 0 radical (unpaired) electrons. The Bertz CT molecular complexity index is 1440. The number of halogens is 2. The third-order valence-electron chi connectivity index (χ3n) is 7.62. The molecule has 1 saturated heterocycles. The predicted molar refractivity (Wildman–Crippen MR) is 154 cm³/mol. The van der Waals surface area contributed by atoms with E-state index in [1.54, 1.807) is 0 Å². The molecule has 7 heteroatoms. The van der Waals surface area contributed by atoms with Crippen molar-refractivity contribution in [2.24, 2.45) is 0 Å². The maximum absolute atomic E-state index is 6.61. The number of aromatic amines is 2. The van der Waals surface area contributed by atoms with Crippen LogP contribution in [0, 0.1) is 0 Å². The van der Waals surface area contributed by atoms with Gasteiger partial charge >= 0.3 is 0 Å². The first-order valence-electron chi connectivity index (χ1n) is 12.5. The zero-order valence-corrected chi connectivity index (χ0v) is 23.3. The molecule has 1 fully saturated rings. The van der Waals surface area contributed by atoms with Crippen molar-refractivity contribution in [3.63, 3.8) is 0 Å². The highest BCUT2D eigenvalue weighted by Crippen LogP contribution is 2.41. The van der Waals surface area contributed by atoms with Gasteiger partial charge in [-0.1, -0.05) is 38.8 Å². The van der Waals surface area contributed by atoms with Gasteiger partial charge in [0.25, 0.3) is 0 Å². The number of H-pyrrole nitrogens is 2. The smallest absolute Gasteiger partial charge is 0.167 e. The summed E-state index contributed by atoms with van der Waals surface area (Å²) >= 11 is 7.30. The van der Waals surface area contributed by atoms with Crippen LogP contribution in [0.5, 0.6) is 5.75 Å². The highest BCUT2D eigenvalue weighted by atomic mass is 79.9. The summed E-state index contributed by atoms with van der Waals surface area (Å²) in [4.78, 5) is 12.4. The second-order valence-corrected chi connectivity index (χ2v) is 11.5. The Morgan fingerprint density at radius 1 is 0.829 bits per heavy atom. The van der Waals surface area contributed by atoms with E-state index < -0.39 is 0 Å². The van der Waals surface area contributed by atoms with E-state index in [0.29, 0.717) is 12.6 Å². The molecule has 3 heterocycles. The molecule has 6 rings (SSSR count). The van der Waals surface area contributed by atoms with Crippen LogP contribution in [-0.2, 0) is 0 Å². The number of ether oxygens (including phenoxy) is 1. The Morgan fingerprint density at radius 3 is 1.94 bits per heavy atom. The summed E-state index contributed by atoms with van der Waals surface area (Å²) in [5.74, 6) is 0.912. The summed E-state index contributed by atoms with van der Waals surface area (Å²) in [7, 11) is 0. The van der Waals surface area contributed by atoms with E-state index in [-0.39, 0.29) is 0 Å². The molecular weight excluding hydrogens is 568 g/mol. The first-order valence-corrected chi connectivity index (χ1v) is 14.0. The van der Waals surface area contributed by atoms with Crippen LogP contribution in [0.25, 0.3) is 43.6 Å². The third-order valence-corrected chi connectivity index (χ3v) is 8.61. The molecule has 35 heavy (non-hydrogen) atoms. The van der Waals surface area contributed by atoms with Gasteiger partial charge in [-0.15, -0.1) is 0 Å². The van der Waals surface area contributed by atoms with E-state index in [2.05, 4.69) is 108 Å².